The fraction of sp³-hybridized carbons (Fsp3) is 0.150. The van der Waals surface area contributed by atoms with Crippen molar-refractivity contribution in [1.82, 2.24) is 0 Å². The first-order valence-electron chi connectivity index (χ1n) is 8.35. The first kappa shape index (κ1) is 20.6. The average molecular weight is 426 g/mol. The van der Waals surface area contributed by atoms with Gasteiger partial charge in [-0.2, -0.15) is 8.78 Å². The molecular weight excluding hydrogens is 411 g/mol. The maximum Gasteiger partial charge on any atom is 0.387 e. The molecule has 0 radical (unpaired) electrons. The lowest BCUT2D eigenvalue weighted by Gasteiger charge is -2.10. The van der Waals surface area contributed by atoms with Gasteiger partial charge in [0.15, 0.2) is 5.76 Å². The van der Waals surface area contributed by atoms with Gasteiger partial charge in [-0.25, -0.2) is 4.39 Å². The van der Waals surface area contributed by atoms with Gasteiger partial charge in [0.2, 0.25) is 0 Å². The maximum absolute atomic E-state index is 13.0. The zero-order valence-corrected chi connectivity index (χ0v) is 15.8. The van der Waals surface area contributed by atoms with Gasteiger partial charge in [-0.05, 0) is 61.0 Å². The van der Waals surface area contributed by atoms with Gasteiger partial charge in [-0.1, -0.05) is 11.6 Å². The Morgan fingerprint density at radius 3 is 2.66 bits per heavy atom. The van der Waals surface area contributed by atoms with Crippen molar-refractivity contribution in [3.8, 4) is 11.5 Å². The molecule has 9 heteroatoms. The largest absolute Gasteiger partial charge is 0.484 e. The number of carbonyl (C=O) groups is 1. The summed E-state index contributed by atoms with van der Waals surface area (Å²) in [6.45, 7) is -1.30. The van der Waals surface area contributed by atoms with Crippen molar-refractivity contribution in [2.24, 2.45) is 0 Å². The summed E-state index contributed by atoms with van der Waals surface area (Å²) in [6.07, 6.45) is 0. The zero-order chi connectivity index (χ0) is 21.0. The Morgan fingerprint density at radius 1 is 1.17 bits per heavy atom. The fourth-order valence-electron chi connectivity index (χ4n) is 2.46. The van der Waals surface area contributed by atoms with Gasteiger partial charge in [0.25, 0.3) is 5.91 Å². The molecule has 1 N–H and O–H groups in total. The summed E-state index contributed by atoms with van der Waals surface area (Å²) in [5.74, 6) is -0.358. The second-order valence-electron chi connectivity index (χ2n) is 5.94. The van der Waals surface area contributed by atoms with Crippen LogP contribution in [0.15, 0.2) is 52.9 Å². The maximum atomic E-state index is 13.0. The van der Waals surface area contributed by atoms with E-state index in [0.29, 0.717) is 17.0 Å². The summed E-state index contributed by atoms with van der Waals surface area (Å²) >= 11 is 5.89. The predicted octanol–water partition coefficient (Wildman–Crippen LogP) is 5.81. The van der Waals surface area contributed by atoms with E-state index in [2.05, 4.69) is 10.1 Å². The number of halogens is 4. The van der Waals surface area contributed by atoms with E-state index in [1.54, 1.807) is 13.0 Å². The minimum atomic E-state index is -2.93. The molecule has 0 unspecified atom stereocenters. The molecule has 0 atom stereocenters. The molecule has 0 saturated heterocycles. The van der Waals surface area contributed by atoms with E-state index < -0.39 is 18.3 Å². The van der Waals surface area contributed by atoms with E-state index in [1.807, 2.05) is 0 Å². The van der Waals surface area contributed by atoms with Crippen LogP contribution in [0.2, 0.25) is 5.02 Å². The number of carbonyl (C=O) groups excluding carboxylic acids is 1. The SMILES string of the molecule is Cc1cc(OC(F)F)ccc1NC(=O)c1ccc(COc2ccc(F)cc2Cl)o1. The van der Waals surface area contributed by atoms with Crippen LogP contribution in [0.1, 0.15) is 21.9 Å². The molecule has 0 saturated carbocycles. The Labute approximate surface area is 169 Å². The van der Waals surface area contributed by atoms with Crippen LogP contribution in [0, 0.1) is 12.7 Å². The number of alkyl halides is 2. The molecule has 0 aliphatic carbocycles. The summed E-state index contributed by atoms with van der Waals surface area (Å²) in [4.78, 5) is 12.3. The Bertz CT molecular complexity index is 1020. The molecule has 1 aromatic heterocycles. The summed E-state index contributed by atoms with van der Waals surface area (Å²) in [7, 11) is 0. The van der Waals surface area contributed by atoms with Gasteiger partial charge >= 0.3 is 6.61 Å². The lowest BCUT2D eigenvalue weighted by molar-refractivity contribution is -0.0498. The van der Waals surface area contributed by atoms with Crippen LogP contribution in [-0.2, 0) is 6.61 Å². The lowest BCUT2D eigenvalue weighted by Crippen LogP contribution is -2.12. The summed E-state index contributed by atoms with van der Waals surface area (Å²) in [5.41, 5.74) is 0.960. The van der Waals surface area contributed by atoms with Crippen molar-refractivity contribution in [3.05, 3.63) is 76.5 Å². The minimum absolute atomic E-state index is 0.00705. The molecule has 0 spiro atoms. The van der Waals surface area contributed by atoms with E-state index in [1.165, 1.54) is 36.4 Å². The highest BCUT2D eigenvalue weighted by molar-refractivity contribution is 6.32. The van der Waals surface area contributed by atoms with Crippen molar-refractivity contribution in [2.75, 3.05) is 5.32 Å². The summed E-state index contributed by atoms with van der Waals surface area (Å²) < 4.78 is 52.8. The standard InChI is InChI=1S/C20H15ClF3NO4/c1-11-8-13(29-20(23)24)3-5-16(11)25-19(26)18-7-4-14(28-18)10-27-17-6-2-12(22)9-15(17)21/h2-9,20H,10H2,1H3,(H,25,26). The first-order valence-corrected chi connectivity index (χ1v) is 8.73. The third-order valence-electron chi connectivity index (χ3n) is 3.82. The molecule has 0 aliphatic rings. The van der Waals surface area contributed by atoms with Gasteiger partial charge in [-0.3, -0.25) is 4.79 Å². The molecule has 3 aromatic rings. The fourth-order valence-corrected chi connectivity index (χ4v) is 2.68. The number of ether oxygens (including phenoxy) is 2. The van der Waals surface area contributed by atoms with E-state index >= 15 is 0 Å². The number of anilines is 1. The van der Waals surface area contributed by atoms with Crippen LogP contribution in [-0.4, -0.2) is 12.5 Å². The van der Waals surface area contributed by atoms with Crippen molar-refractivity contribution in [1.29, 1.82) is 0 Å². The highest BCUT2D eigenvalue weighted by Gasteiger charge is 2.14. The number of nitrogens with one attached hydrogen (secondary N) is 1. The van der Waals surface area contributed by atoms with E-state index in [4.69, 9.17) is 20.8 Å². The number of benzene rings is 2. The lowest BCUT2D eigenvalue weighted by atomic mass is 10.2. The van der Waals surface area contributed by atoms with Gasteiger partial charge < -0.3 is 19.2 Å². The summed E-state index contributed by atoms with van der Waals surface area (Å²) in [5, 5.41) is 2.75. The molecule has 1 heterocycles. The molecule has 29 heavy (non-hydrogen) atoms. The Morgan fingerprint density at radius 2 is 1.97 bits per heavy atom. The Hall–Kier alpha value is -3.13. The first-order chi connectivity index (χ1) is 13.8. The van der Waals surface area contributed by atoms with Crippen molar-refractivity contribution in [2.45, 2.75) is 20.1 Å². The zero-order valence-electron chi connectivity index (χ0n) is 15.0. The molecule has 0 fully saturated rings. The quantitative estimate of drug-likeness (QED) is 0.518. The topological polar surface area (TPSA) is 60.7 Å². The molecule has 2 aromatic carbocycles. The molecule has 1 amide bonds. The predicted molar refractivity (Wildman–Crippen MR) is 100 cm³/mol. The molecule has 0 aliphatic heterocycles. The monoisotopic (exact) mass is 425 g/mol. The molecule has 5 nitrogen and oxygen atoms in total. The van der Waals surface area contributed by atoms with Gasteiger partial charge in [-0.15, -0.1) is 0 Å². The third kappa shape index (κ3) is 5.45. The molecule has 0 bridgehead atoms. The van der Waals surface area contributed by atoms with Crippen LogP contribution in [0.25, 0.3) is 0 Å². The minimum Gasteiger partial charge on any atom is -0.484 e. The Balaban J connectivity index is 1.62. The van der Waals surface area contributed by atoms with Gasteiger partial charge in [0.05, 0.1) is 5.02 Å². The number of hydrogen-bond acceptors (Lipinski definition) is 4. The van der Waals surface area contributed by atoms with Crippen LogP contribution in [0.5, 0.6) is 11.5 Å². The highest BCUT2D eigenvalue weighted by atomic mass is 35.5. The van der Waals surface area contributed by atoms with Crippen molar-refractivity contribution in [3.63, 3.8) is 0 Å². The third-order valence-corrected chi connectivity index (χ3v) is 4.12. The van der Waals surface area contributed by atoms with Crippen LogP contribution in [0.3, 0.4) is 0 Å². The van der Waals surface area contributed by atoms with E-state index in [9.17, 15) is 18.0 Å². The van der Waals surface area contributed by atoms with Crippen molar-refractivity contribution >= 4 is 23.2 Å². The van der Waals surface area contributed by atoms with Crippen LogP contribution >= 0.6 is 11.6 Å². The van der Waals surface area contributed by atoms with E-state index in [-0.39, 0.29) is 28.9 Å². The number of amides is 1. The van der Waals surface area contributed by atoms with Gasteiger partial charge in [0, 0.05) is 5.69 Å². The second-order valence-corrected chi connectivity index (χ2v) is 6.35. The molecule has 152 valence electrons. The number of hydrogen-bond donors (Lipinski definition) is 1. The Kier molecular flexibility index (Phi) is 6.33. The number of furan rings is 1. The number of rotatable bonds is 7. The molecular formula is C20H15ClF3NO4. The van der Waals surface area contributed by atoms with Crippen LogP contribution in [0.4, 0.5) is 18.9 Å². The smallest absolute Gasteiger partial charge is 0.387 e. The highest BCUT2D eigenvalue weighted by Crippen LogP contribution is 2.26. The average Bonchev–Trinajstić information content (AvgIpc) is 3.12. The van der Waals surface area contributed by atoms with Gasteiger partial charge in [0.1, 0.15) is 29.7 Å². The van der Waals surface area contributed by atoms with Crippen LogP contribution < -0.4 is 14.8 Å². The second kappa shape index (κ2) is 8.91. The normalized spacial score (nSPS) is 10.8. The van der Waals surface area contributed by atoms with Crippen molar-refractivity contribution < 1.29 is 31.9 Å². The van der Waals surface area contributed by atoms with E-state index in [0.717, 1.165) is 6.07 Å². The number of aryl methyl sites for hydroxylation is 1. The summed E-state index contributed by atoms with van der Waals surface area (Å²) in [6, 6.07) is 10.9. The molecule has 3 rings (SSSR count).